The molecule has 0 spiro atoms. The monoisotopic (exact) mass is 255 g/mol. The van der Waals surface area contributed by atoms with E-state index in [1.165, 1.54) is 0 Å². The molecule has 19 heavy (non-hydrogen) atoms. The van der Waals surface area contributed by atoms with Gasteiger partial charge in [-0.3, -0.25) is 9.69 Å². The zero-order valence-corrected chi connectivity index (χ0v) is 10.8. The molecule has 1 aromatic carbocycles. The minimum absolute atomic E-state index is 0.104. The summed E-state index contributed by atoms with van der Waals surface area (Å²) in [5.41, 5.74) is 1.87. The third kappa shape index (κ3) is 2.05. The van der Waals surface area contributed by atoms with Gasteiger partial charge in [-0.2, -0.15) is 0 Å². The molecule has 0 radical (unpaired) electrons. The van der Waals surface area contributed by atoms with Crippen molar-refractivity contribution in [3.8, 4) is 0 Å². The van der Waals surface area contributed by atoms with Crippen LogP contribution in [0.2, 0.25) is 0 Å². The quantitative estimate of drug-likeness (QED) is 0.776. The van der Waals surface area contributed by atoms with E-state index in [-0.39, 0.29) is 12.1 Å². The Hall–Kier alpha value is -2.03. The molecule has 0 saturated heterocycles. The van der Waals surface area contributed by atoms with Gasteiger partial charge in [-0.15, -0.1) is 6.58 Å². The van der Waals surface area contributed by atoms with Gasteiger partial charge in [-0.25, -0.2) is 0 Å². The third-order valence-corrected chi connectivity index (χ3v) is 3.63. The number of rotatable bonds is 3. The van der Waals surface area contributed by atoms with Crippen LogP contribution in [0.15, 0.2) is 54.3 Å². The van der Waals surface area contributed by atoms with Gasteiger partial charge in [0.25, 0.3) is 5.91 Å². The maximum Gasteiger partial charge on any atom is 0.256 e. The van der Waals surface area contributed by atoms with Crippen LogP contribution >= 0.6 is 0 Å². The summed E-state index contributed by atoms with van der Waals surface area (Å²) in [5, 5.41) is 0. The van der Waals surface area contributed by atoms with E-state index in [2.05, 4.69) is 6.58 Å². The molecule has 1 unspecified atom stereocenters. The van der Waals surface area contributed by atoms with Gasteiger partial charge in [0.2, 0.25) is 6.23 Å². The van der Waals surface area contributed by atoms with E-state index in [1.54, 1.807) is 11.0 Å². The van der Waals surface area contributed by atoms with Gasteiger partial charge in [-0.1, -0.05) is 36.4 Å². The summed E-state index contributed by atoms with van der Waals surface area (Å²) in [7, 11) is 0. The Labute approximate surface area is 113 Å². The largest absolute Gasteiger partial charge is 0.470 e. The smallest absolute Gasteiger partial charge is 0.256 e. The average Bonchev–Trinajstić information content (AvgIpc) is 2.91. The van der Waals surface area contributed by atoms with E-state index in [0.29, 0.717) is 6.54 Å². The van der Waals surface area contributed by atoms with Crippen LogP contribution in [0.3, 0.4) is 0 Å². The average molecular weight is 255 g/mol. The first-order valence-corrected chi connectivity index (χ1v) is 6.66. The standard InChI is InChI=1S/C16H17NO2/c1-2-11-17-15(18)13-9-6-10-14(13)19-16(17)12-7-4-3-5-8-12/h2-5,7-8,16H,1,6,9-11H2. The molecule has 1 heterocycles. The van der Waals surface area contributed by atoms with Crippen LogP contribution in [0.25, 0.3) is 0 Å². The molecule has 3 rings (SSSR count). The molecule has 0 aromatic heterocycles. The number of hydrogen-bond acceptors (Lipinski definition) is 2. The summed E-state index contributed by atoms with van der Waals surface area (Å²) < 4.78 is 6.07. The first-order valence-electron chi connectivity index (χ1n) is 6.66. The van der Waals surface area contributed by atoms with Crippen molar-refractivity contribution in [1.82, 2.24) is 4.90 Å². The second-order valence-electron chi connectivity index (χ2n) is 4.88. The van der Waals surface area contributed by atoms with Crippen molar-refractivity contribution in [2.45, 2.75) is 25.5 Å². The van der Waals surface area contributed by atoms with E-state index >= 15 is 0 Å². The lowest BCUT2D eigenvalue weighted by Crippen LogP contribution is -2.40. The van der Waals surface area contributed by atoms with Gasteiger partial charge >= 0.3 is 0 Å². The molecule has 1 amide bonds. The molecule has 3 nitrogen and oxygen atoms in total. The fourth-order valence-electron chi connectivity index (χ4n) is 2.73. The minimum atomic E-state index is -0.316. The molecule has 0 bridgehead atoms. The van der Waals surface area contributed by atoms with Crippen molar-refractivity contribution in [2.24, 2.45) is 0 Å². The Balaban J connectivity index is 1.98. The Bertz CT molecular complexity index is 533. The highest BCUT2D eigenvalue weighted by atomic mass is 16.5. The number of hydrogen-bond donors (Lipinski definition) is 0. The van der Waals surface area contributed by atoms with Crippen molar-refractivity contribution in [3.63, 3.8) is 0 Å². The molecular weight excluding hydrogens is 238 g/mol. The van der Waals surface area contributed by atoms with E-state index in [9.17, 15) is 4.79 Å². The van der Waals surface area contributed by atoms with Crippen LogP contribution in [0.1, 0.15) is 31.1 Å². The number of amides is 1. The third-order valence-electron chi connectivity index (χ3n) is 3.63. The van der Waals surface area contributed by atoms with Crippen LogP contribution in [0.4, 0.5) is 0 Å². The molecule has 3 heteroatoms. The number of ether oxygens (including phenoxy) is 1. The van der Waals surface area contributed by atoms with Crippen molar-refractivity contribution < 1.29 is 9.53 Å². The zero-order valence-electron chi connectivity index (χ0n) is 10.8. The van der Waals surface area contributed by atoms with Crippen LogP contribution in [0.5, 0.6) is 0 Å². The predicted molar refractivity (Wildman–Crippen MR) is 73.1 cm³/mol. The molecule has 0 saturated carbocycles. The van der Waals surface area contributed by atoms with Gasteiger partial charge in [0, 0.05) is 18.5 Å². The summed E-state index contributed by atoms with van der Waals surface area (Å²) in [6.45, 7) is 4.25. The van der Waals surface area contributed by atoms with Gasteiger partial charge in [0.1, 0.15) is 5.76 Å². The van der Waals surface area contributed by atoms with Gasteiger partial charge < -0.3 is 4.74 Å². The van der Waals surface area contributed by atoms with Crippen molar-refractivity contribution in [2.75, 3.05) is 6.54 Å². The summed E-state index contributed by atoms with van der Waals surface area (Å²) in [4.78, 5) is 14.3. The summed E-state index contributed by atoms with van der Waals surface area (Å²) >= 11 is 0. The molecule has 2 aliphatic rings. The predicted octanol–water partition coefficient (Wildman–Crippen LogP) is 3.17. The summed E-state index contributed by atoms with van der Waals surface area (Å²) in [6, 6.07) is 9.89. The van der Waals surface area contributed by atoms with E-state index in [1.807, 2.05) is 30.3 Å². The Kier molecular flexibility index (Phi) is 3.11. The van der Waals surface area contributed by atoms with Crippen LogP contribution in [-0.2, 0) is 9.53 Å². The lowest BCUT2D eigenvalue weighted by molar-refractivity contribution is -0.143. The molecule has 1 atom stereocenters. The van der Waals surface area contributed by atoms with Gasteiger partial charge in [0.05, 0.1) is 5.57 Å². The normalized spacial score (nSPS) is 22.2. The maximum atomic E-state index is 12.5. The van der Waals surface area contributed by atoms with Gasteiger partial charge in [-0.05, 0) is 12.8 Å². The molecule has 0 N–H and O–H groups in total. The summed E-state index contributed by atoms with van der Waals surface area (Å²) in [6.07, 6.45) is 4.16. The highest BCUT2D eigenvalue weighted by Crippen LogP contribution is 2.39. The van der Waals surface area contributed by atoms with Crippen LogP contribution in [0, 0.1) is 0 Å². The molecule has 98 valence electrons. The van der Waals surface area contributed by atoms with Gasteiger partial charge in [0.15, 0.2) is 0 Å². The van der Waals surface area contributed by atoms with E-state index in [4.69, 9.17) is 4.74 Å². The first-order chi connectivity index (χ1) is 9.31. The highest BCUT2D eigenvalue weighted by Gasteiger charge is 2.37. The fourth-order valence-corrected chi connectivity index (χ4v) is 2.73. The Morgan fingerprint density at radius 2 is 2.11 bits per heavy atom. The number of carbonyl (C=O) groups is 1. The number of allylic oxidation sites excluding steroid dienone is 1. The number of nitrogens with zero attached hydrogens (tertiary/aromatic N) is 1. The van der Waals surface area contributed by atoms with Crippen LogP contribution in [-0.4, -0.2) is 17.4 Å². The lowest BCUT2D eigenvalue weighted by atomic mass is 10.1. The second kappa shape index (κ2) is 4.92. The molecule has 1 aliphatic carbocycles. The number of benzene rings is 1. The lowest BCUT2D eigenvalue weighted by Gasteiger charge is -2.36. The first kappa shape index (κ1) is 12.0. The Morgan fingerprint density at radius 3 is 2.84 bits per heavy atom. The van der Waals surface area contributed by atoms with E-state index < -0.39 is 0 Å². The maximum absolute atomic E-state index is 12.5. The summed E-state index contributed by atoms with van der Waals surface area (Å²) in [5.74, 6) is 0.992. The van der Waals surface area contributed by atoms with Crippen molar-refractivity contribution in [3.05, 3.63) is 59.9 Å². The zero-order chi connectivity index (χ0) is 13.2. The SMILES string of the molecule is C=CCN1C(=O)C2=C(CCC2)OC1c1ccccc1. The van der Waals surface area contributed by atoms with Crippen molar-refractivity contribution >= 4 is 5.91 Å². The molecular formula is C16H17NO2. The molecule has 1 aliphatic heterocycles. The minimum Gasteiger partial charge on any atom is -0.470 e. The fraction of sp³-hybridized carbons (Fsp3) is 0.312. The second-order valence-corrected chi connectivity index (χ2v) is 4.88. The van der Waals surface area contributed by atoms with Crippen LogP contribution < -0.4 is 0 Å². The topological polar surface area (TPSA) is 29.5 Å². The molecule has 0 fully saturated rings. The van der Waals surface area contributed by atoms with E-state index in [0.717, 1.165) is 36.2 Å². The Morgan fingerprint density at radius 1 is 1.32 bits per heavy atom. The van der Waals surface area contributed by atoms with Crippen molar-refractivity contribution in [1.29, 1.82) is 0 Å². The number of carbonyl (C=O) groups excluding carboxylic acids is 1. The highest BCUT2D eigenvalue weighted by molar-refractivity contribution is 5.95. The molecule has 1 aromatic rings.